The van der Waals surface area contributed by atoms with Crippen molar-refractivity contribution in [2.45, 2.75) is 6.54 Å². The predicted molar refractivity (Wildman–Crippen MR) is 73.3 cm³/mol. The van der Waals surface area contributed by atoms with Gasteiger partial charge < -0.3 is 20.5 Å². The van der Waals surface area contributed by atoms with Crippen LogP contribution in [0.2, 0.25) is 0 Å². The maximum absolute atomic E-state index is 5.59. The molecule has 0 unspecified atom stereocenters. The van der Waals surface area contributed by atoms with Gasteiger partial charge in [0.15, 0.2) is 0 Å². The Balaban J connectivity index is 2.12. The van der Waals surface area contributed by atoms with Gasteiger partial charge in [-0.3, -0.25) is 0 Å². The molecule has 1 heterocycles. The van der Waals surface area contributed by atoms with Crippen LogP contribution >= 0.6 is 0 Å². The molecule has 0 fully saturated rings. The largest absolute Gasteiger partial charge is 0.496 e. The number of anilines is 2. The minimum absolute atomic E-state index is 0.168. The van der Waals surface area contributed by atoms with Crippen LogP contribution in [-0.2, 0) is 6.54 Å². The van der Waals surface area contributed by atoms with Gasteiger partial charge in [0.25, 0.3) is 0 Å². The fraction of sp³-hybridized carbons (Fsp3) is 0.231. The van der Waals surface area contributed by atoms with E-state index < -0.39 is 0 Å². The summed E-state index contributed by atoms with van der Waals surface area (Å²) >= 11 is 0. The molecule has 0 radical (unpaired) electrons. The number of rotatable bonds is 5. The Morgan fingerprint density at radius 3 is 2.68 bits per heavy atom. The van der Waals surface area contributed by atoms with Crippen molar-refractivity contribution in [1.29, 1.82) is 0 Å². The molecule has 19 heavy (non-hydrogen) atoms. The molecule has 1 aromatic heterocycles. The monoisotopic (exact) mass is 260 g/mol. The number of nitrogen functional groups attached to an aromatic ring is 1. The molecule has 2 aromatic rings. The molecule has 6 heteroatoms. The quantitative estimate of drug-likeness (QED) is 0.851. The third-order valence-corrected chi connectivity index (χ3v) is 2.58. The van der Waals surface area contributed by atoms with Gasteiger partial charge in [-0.15, -0.1) is 0 Å². The van der Waals surface area contributed by atoms with Crippen LogP contribution in [0.1, 0.15) is 5.56 Å². The van der Waals surface area contributed by atoms with E-state index in [0.717, 1.165) is 11.3 Å². The van der Waals surface area contributed by atoms with Gasteiger partial charge in [0.05, 0.1) is 14.2 Å². The third kappa shape index (κ3) is 3.25. The summed E-state index contributed by atoms with van der Waals surface area (Å²) in [6.07, 6.45) is 0. The molecule has 2 rings (SSSR count). The fourth-order valence-electron chi connectivity index (χ4n) is 1.67. The summed E-state index contributed by atoms with van der Waals surface area (Å²) in [5.41, 5.74) is 6.62. The zero-order valence-corrected chi connectivity index (χ0v) is 10.9. The van der Waals surface area contributed by atoms with E-state index in [1.807, 2.05) is 24.3 Å². The minimum atomic E-state index is 0.168. The predicted octanol–water partition coefficient (Wildman–Crippen LogP) is 1.69. The summed E-state index contributed by atoms with van der Waals surface area (Å²) in [6, 6.07) is 9.45. The summed E-state index contributed by atoms with van der Waals surface area (Å²) in [6.45, 7) is 0.573. The van der Waals surface area contributed by atoms with Crippen molar-refractivity contribution in [2.75, 3.05) is 25.3 Å². The number of aromatic nitrogens is 2. The maximum Gasteiger partial charge on any atom is 0.225 e. The van der Waals surface area contributed by atoms with Crippen molar-refractivity contribution < 1.29 is 9.47 Å². The minimum Gasteiger partial charge on any atom is -0.496 e. The standard InChI is InChI=1S/C13H16N4O2/c1-18-10-6-4-3-5-9(10)8-15-11-7-12(19-2)17-13(14)16-11/h3-7H,8H2,1-2H3,(H3,14,15,16,17). The lowest BCUT2D eigenvalue weighted by Gasteiger charge is -2.10. The van der Waals surface area contributed by atoms with Crippen LogP contribution in [-0.4, -0.2) is 24.2 Å². The normalized spacial score (nSPS) is 10.0. The van der Waals surface area contributed by atoms with E-state index in [2.05, 4.69) is 15.3 Å². The highest BCUT2D eigenvalue weighted by molar-refractivity contribution is 5.44. The fourth-order valence-corrected chi connectivity index (χ4v) is 1.67. The zero-order chi connectivity index (χ0) is 13.7. The Kier molecular flexibility index (Phi) is 4.02. The molecule has 0 atom stereocenters. The number of para-hydroxylation sites is 1. The molecule has 3 N–H and O–H groups in total. The lowest BCUT2D eigenvalue weighted by Crippen LogP contribution is -2.06. The summed E-state index contributed by atoms with van der Waals surface area (Å²) in [4.78, 5) is 8.01. The van der Waals surface area contributed by atoms with Gasteiger partial charge in [-0.25, -0.2) is 0 Å². The van der Waals surface area contributed by atoms with Gasteiger partial charge in [-0.05, 0) is 6.07 Å². The number of ether oxygens (including phenoxy) is 2. The Hall–Kier alpha value is -2.50. The van der Waals surface area contributed by atoms with E-state index in [4.69, 9.17) is 15.2 Å². The van der Waals surface area contributed by atoms with E-state index >= 15 is 0 Å². The van der Waals surface area contributed by atoms with Gasteiger partial charge in [-0.1, -0.05) is 18.2 Å². The molecule has 0 aliphatic heterocycles. The third-order valence-electron chi connectivity index (χ3n) is 2.58. The van der Waals surface area contributed by atoms with Gasteiger partial charge in [0.2, 0.25) is 11.8 Å². The molecule has 0 saturated heterocycles. The lowest BCUT2D eigenvalue weighted by molar-refractivity contribution is 0.398. The molecule has 6 nitrogen and oxygen atoms in total. The second-order valence-electron chi connectivity index (χ2n) is 3.82. The molecule has 0 amide bonds. The van der Waals surface area contributed by atoms with E-state index in [9.17, 15) is 0 Å². The van der Waals surface area contributed by atoms with Crippen LogP contribution in [0.3, 0.4) is 0 Å². The first-order valence-electron chi connectivity index (χ1n) is 5.77. The summed E-state index contributed by atoms with van der Waals surface area (Å²) < 4.78 is 10.3. The van der Waals surface area contributed by atoms with Crippen LogP contribution in [0.5, 0.6) is 11.6 Å². The van der Waals surface area contributed by atoms with Crippen molar-refractivity contribution in [1.82, 2.24) is 9.97 Å². The second kappa shape index (κ2) is 5.90. The molecule has 0 bridgehead atoms. The van der Waals surface area contributed by atoms with Gasteiger partial charge >= 0.3 is 0 Å². The van der Waals surface area contributed by atoms with E-state index in [-0.39, 0.29) is 5.95 Å². The van der Waals surface area contributed by atoms with Crippen molar-refractivity contribution in [3.05, 3.63) is 35.9 Å². The second-order valence-corrected chi connectivity index (χ2v) is 3.82. The Morgan fingerprint density at radius 1 is 1.16 bits per heavy atom. The van der Waals surface area contributed by atoms with Crippen LogP contribution in [0, 0.1) is 0 Å². The highest BCUT2D eigenvalue weighted by Crippen LogP contribution is 2.20. The number of nitrogens with zero attached hydrogens (tertiary/aromatic N) is 2. The highest BCUT2D eigenvalue weighted by atomic mass is 16.5. The maximum atomic E-state index is 5.59. The smallest absolute Gasteiger partial charge is 0.225 e. The molecular formula is C13H16N4O2. The van der Waals surface area contributed by atoms with Crippen LogP contribution in [0.15, 0.2) is 30.3 Å². The Morgan fingerprint density at radius 2 is 1.95 bits per heavy atom. The number of hydrogen-bond donors (Lipinski definition) is 2. The van der Waals surface area contributed by atoms with Gasteiger partial charge in [0.1, 0.15) is 11.6 Å². The number of methoxy groups -OCH3 is 2. The highest BCUT2D eigenvalue weighted by Gasteiger charge is 2.04. The first-order chi connectivity index (χ1) is 9.22. The first-order valence-corrected chi connectivity index (χ1v) is 5.77. The number of benzene rings is 1. The molecule has 0 spiro atoms. The zero-order valence-electron chi connectivity index (χ0n) is 10.9. The molecule has 100 valence electrons. The van der Waals surface area contributed by atoms with Crippen molar-refractivity contribution in [3.63, 3.8) is 0 Å². The van der Waals surface area contributed by atoms with E-state index in [1.165, 1.54) is 7.11 Å². The molecule has 1 aromatic carbocycles. The summed E-state index contributed by atoms with van der Waals surface area (Å²) in [7, 11) is 3.18. The van der Waals surface area contributed by atoms with Gasteiger partial charge in [-0.2, -0.15) is 9.97 Å². The molecule has 0 saturated carbocycles. The SMILES string of the molecule is COc1cc(NCc2ccccc2OC)nc(N)n1. The molecular weight excluding hydrogens is 244 g/mol. The number of hydrogen-bond acceptors (Lipinski definition) is 6. The van der Waals surface area contributed by atoms with Crippen LogP contribution in [0.4, 0.5) is 11.8 Å². The first kappa shape index (κ1) is 12.9. The van der Waals surface area contributed by atoms with Gasteiger partial charge in [0, 0.05) is 18.2 Å². The van der Waals surface area contributed by atoms with Crippen molar-refractivity contribution >= 4 is 11.8 Å². The van der Waals surface area contributed by atoms with E-state index in [1.54, 1.807) is 13.2 Å². The lowest BCUT2D eigenvalue weighted by atomic mass is 10.2. The van der Waals surface area contributed by atoms with E-state index in [0.29, 0.717) is 18.2 Å². The summed E-state index contributed by atoms with van der Waals surface area (Å²) in [5, 5.41) is 3.16. The number of nitrogens with one attached hydrogen (secondary N) is 1. The number of nitrogens with two attached hydrogens (primary N) is 1. The van der Waals surface area contributed by atoms with Crippen molar-refractivity contribution in [3.8, 4) is 11.6 Å². The molecule has 0 aliphatic rings. The molecule has 0 aliphatic carbocycles. The van der Waals surface area contributed by atoms with Crippen molar-refractivity contribution in [2.24, 2.45) is 0 Å². The summed E-state index contributed by atoms with van der Waals surface area (Å²) in [5.74, 6) is 2.02. The van der Waals surface area contributed by atoms with Crippen LogP contribution < -0.4 is 20.5 Å². The average Bonchev–Trinajstić information content (AvgIpc) is 2.44. The van der Waals surface area contributed by atoms with Crippen LogP contribution in [0.25, 0.3) is 0 Å². The Bertz CT molecular complexity index is 560. The average molecular weight is 260 g/mol. The topological polar surface area (TPSA) is 82.3 Å². The Labute approximate surface area is 111 Å².